The number of hydrogen-bond donors (Lipinski definition) is 0. The number of aromatic nitrogens is 2. The van der Waals surface area contributed by atoms with Crippen LogP contribution in [0.15, 0.2) is 46.6 Å². The minimum Gasteiger partial charge on any atom is -0.215 e. The van der Waals surface area contributed by atoms with Gasteiger partial charge in [-0.2, -0.15) is 0 Å². The van der Waals surface area contributed by atoms with Crippen LogP contribution in [0.5, 0.6) is 0 Å². The van der Waals surface area contributed by atoms with E-state index >= 15 is 0 Å². The molecular formula is C12H12N4. The van der Waals surface area contributed by atoms with E-state index in [2.05, 4.69) is 20.2 Å². The summed E-state index contributed by atoms with van der Waals surface area (Å²) in [5, 5.41) is 8.06. The zero-order valence-electron chi connectivity index (χ0n) is 9.25. The van der Waals surface area contributed by atoms with E-state index < -0.39 is 0 Å². The molecule has 0 amide bonds. The zero-order chi connectivity index (χ0) is 11.4. The predicted octanol–water partition coefficient (Wildman–Crippen LogP) is 3.51. The molecule has 0 saturated carbocycles. The number of hydrogen-bond acceptors (Lipinski definition) is 4. The van der Waals surface area contributed by atoms with Crippen molar-refractivity contribution < 1.29 is 0 Å². The Kier molecular flexibility index (Phi) is 3.00. The molecule has 2 rings (SSSR count). The fourth-order valence-electron chi connectivity index (χ4n) is 1.35. The van der Waals surface area contributed by atoms with Gasteiger partial charge in [0, 0.05) is 11.4 Å². The highest BCUT2D eigenvalue weighted by Gasteiger charge is 1.96. The molecular weight excluding hydrogens is 200 g/mol. The summed E-state index contributed by atoms with van der Waals surface area (Å²) in [5.74, 6) is 0.404. The van der Waals surface area contributed by atoms with Crippen LogP contribution in [0.3, 0.4) is 0 Å². The van der Waals surface area contributed by atoms with Crippen LogP contribution in [0.4, 0.5) is 11.6 Å². The molecule has 0 aliphatic rings. The second-order valence-electron chi connectivity index (χ2n) is 3.49. The van der Waals surface area contributed by atoms with Crippen LogP contribution in [0.2, 0.25) is 0 Å². The molecule has 0 atom stereocenters. The summed E-state index contributed by atoms with van der Waals surface area (Å²) in [6.07, 6.45) is 0. The van der Waals surface area contributed by atoms with Crippen molar-refractivity contribution in [3.8, 4) is 0 Å². The van der Waals surface area contributed by atoms with Gasteiger partial charge in [-0.1, -0.05) is 18.2 Å². The molecule has 0 radical (unpaired) electrons. The quantitative estimate of drug-likeness (QED) is 0.715. The predicted molar refractivity (Wildman–Crippen MR) is 62.1 cm³/mol. The van der Waals surface area contributed by atoms with Gasteiger partial charge < -0.3 is 0 Å². The van der Waals surface area contributed by atoms with Crippen molar-refractivity contribution in [1.29, 1.82) is 0 Å². The first-order valence-electron chi connectivity index (χ1n) is 5.03. The van der Waals surface area contributed by atoms with Crippen molar-refractivity contribution in [3.63, 3.8) is 0 Å². The molecule has 16 heavy (non-hydrogen) atoms. The Balaban J connectivity index is 2.24. The van der Waals surface area contributed by atoms with Crippen molar-refractivity contribution in [2.45, 2.75) is 13.8 Å². The molecule has 0 unspecified atom stereocenters. The lowest BCUT2D eigenvalue weighted by molar-refractivity contribution is 1.00. The van der Waals surface area contributed by atoms with Gasteiger partial charge >= 0.3 is 0 Å². The second kappa shape index (κ2) is 4.61. The van der Waals surface area contributed by atoms with E-state index in [9.17, 15) is 0 Å². The smallest absolute Gasteiger partial charge is 0.215 e. The standard InChI is InChI=1S/C12H12N4/c1-9-8-10(2)14-12(13-9)16-15-11-6-4-3-5-7-11/h3-8H,1-2H3. The number of benzene rings is 1. The Morgan fingerprint density at radius 2 is 1.50 bits per heavy atom. The molecule has 0 aliphatic heterocycles. The Labute approximate surface area is 94.1 Å². The maximum Gasteiger partial charge on any atom is 0.269 e. The lowest BCUT2D eigenvalue weighted by atomic mass is 10.3. The molecule has 0 aliphatic carbocycles. The van der Waals surface area contributed by atoms with E-state index in [0.717, 1.165) is 17.1 Å². The number of rotatable bonds is 2. The van der Waals surface area contributed by atoms with E-state index in [-0.39, 0.29) is 0 Å². The number of nitrogens with zero attached hydrogens (tertiary/aromatic N) is 4. The molecule has 0 N–H and O–H groups in total. The van der Waals surface area contributed by atoms with Crippen molar-refractivity contribution in [2.75, 3.05) is 0 Å². The first kappa shape index (κ1) is 10.4. The zero-order valence-corrected chi connectivity index (χ0v) is 9.25. The summed E-state index contributed by atoms with van der Waals surface area (Å²) in [5.41, 5.74) is 2.59. The average molecular weight is 212 g/mol. The highest BCUT2D eigenvalue weighted by molar-refractivity contribution is 5.35. The maximum absolute atomic E-state index is 4.18. The van der Waals surface area contributed by atoms with Crippen molar-refractivity contribution >= 4 is 11.6 Å². The Hall–Kier alpha value is -2.10. The van der Waals surface area contributed by atoms with E-state index in [1.807, 2.05) is 50.2 Å². The van der Waals surface area contributed by atoms with Crippen molar-refractivity contribution in [2.24, 2.45) is 10.2 Å². The van der Waals surface area contributed by atoms with E-state index in [1.54, 1.807) is 0 Å². The molecule has 0 saturated heterocycles. The Morgan fingerprint density at radius 1 is 0.875 bits per heavy atom. The van der Waals surface area contributed by atoms with Gasteiger partial charge in [-0.05, 0) is 32.0 Å². The van der Waals surface area contributed by atoms with Gasteiger partial charge in [0.25, 0.3) is 5.95 Å². The highest BCUT2D eigenvalue weighted by atomic mass is 15.2. The van der Waals surface area contributed by atoms with Gasteiger partial charge in [-0.25, -0.2) is 9.97 Å². The first-order valence-corrected chi connectivity index (χ1v) is 5.03. The number of aryl methyl sites for hydroxylation is 2. The summed E-state index contributed by atoms with van der Waals surface area (Å²) in [4.78, 5) is 8.36. The Bertz CT molecular complexity index is 485. The van der Waals surface area contributed by atoms with Gasteiger partial charge in [0.15, 0.2) is 0 Å². The first-order chi connectivity index (χ1) is 7.74. The van der Waals surface area contributed by atoms with Crippen LogP contribution in [0, 0.1) is 13.8 Å². The molecule has 1 aromatic carbocycles. The molecule has 1 heterocycles. The van der Waals surface area contributed by atoms with Gasteiger partial charge in [0.05, 0.1) is 5.69 Å². The molecule has 4 nitrogen and oxygen atoms in total. The second-order valence-corrected chi connectivity index (χ2v) is 3.49. The van der Waals surface area contributed by atoms with Crippen molar-refractivity contribution in [3.05, 3.63) is 47.8 Å². The topological polar surface area (TPSA) is 50.5 Å². The van der Waals surface area contributed by atoms with Crippen LogP contribution in [0.25, 0.3) is 0 Å². The van der Waals surface area contributed by atoms with Crippen LogP contribution >= 0.6 is 0 Å². The summed E-state index contributed by atoms with van der Waals surface area (Å²) in [6, 6.07) is 11.4. The van der Waals surface area contributed by atoms with Crippen LogP contribution < -0.4 is 0 Å². The normalized spacial score (nSPS) is 10.9. The van der Waals surface area contributed by atoms with Gasteiger partial charge in [-0.15, -0.1) is 10.2 Å². The fourth-order valence-corrected chi connectivity index (χ4v) is 1.35. The monoisotopic (exact) mass is 212 g/mol. The third kappa shape index (κ3) is 2.70. The lowest BCUT2D eigenvalue weighted by Crippen LogP contribution is -1.87. The van der Waals surface area contributed by atoms with E-state index in [0.29, 0.717) is 5.95 Å². The SMILES string of the molecule is Cc1cc(C)nc(N=Nc2ccccc2)n1. The summed E-state index contributed by atoms with van der Waals surface area (Å²) in [7, 11) is 0. The highest BCUT2D eigenvalue weighted by Crippen LogP contribution is 2.14. The molecule has 0 spiro atoms. The summed E-state index contributed by atoms with van der Waals surface area (Å²) in [6.45, 7) is 3.83. The molecule has 0 fully saturated rings. The minimum atomic E-state index is 0.404. The molecule has 80 valence electrons. The third-order valence-corrected chi connectivity index (χ3v) is 1.98. The minimum absolute atomic E-state index is 0.404. The molecule has 0 bridgehead atoms. The Morgan fingerprint density at radius 3 is 2.12 bits per heavy atom. The van der Waals surface area contributed by atoms with Crippen LogP contribution in [-0.2, 0) is 0 Å². The fraction of sp³-hybridized carbons (Fsp3) is 0.167. The number of azo groups is 1. The molecule has 2 aromatic rings. The lowest BCUT2D eigenvalue weighted by Gasteiger charge is -1.96. The van der Waals surface area contributed by atoms with Gasteiger partial charge in [0.1, 0.15) is 0 Å². The maximum atomic E-state index is 4.18. The van der Waals surface area contributed by atoms with E-state index in [1.165, 1.54) is 0 Å². The van der Waals surface area contributed by atoms with Crippen molar-refractivity contribution in [1.82, 2.24) is 9.97 Å². The average Bonchev–Trinajstić information content (AvgIpc) is 2.27. The summed E-state index contributed by atoms with van der Waals surface area (Å²) < 4.78 is 0. The largest absolute Gasteiger partial charge is 0.269 e. The van der Waals surface area contributed by atoms with Crippen LogP contribution in [0.1, 0.15) is 11.4 Å². The van der Waals surface area contributed by atoms with Gasteiger partial charge in [-0.3, -0.25) is 0 Å². The summed E-state index contributed by atoms with van der Waals surface area (Å²) >= 11 is 0. The molecule has 4 heteroatoms. The van der Waals surface area contributed by atoms with Gasteiger partial charge in [0.2, 0.25) is 0 Å². The van der Waals surface area contributed by atoms with Crippen LogP contribution in [-0.4, -0.2) is 9.97 Å². The molecule has 1 aromatic heterocycles. The third-order valence-electron chi connectivity index (χ3n) is 1.98. The van der Waals surface area contributed by atoms with E-state index in [4.69, 9.17) is 0 Å².